The Labute approximate surface area is 139 Å². The van der Waals surface area contributed by atoms with E-state index in [2.05, 4.69) is 16.0 Å². The molecule has 0 bridgehead atoms. The van der Waals surface area contributed by atoms with Crippen molar-refractivity contribution < 1.29 is 4.79 Å². The molecule has 1 aliphatic heterocycles. The number of H-pyrrole nitrogens is 1. The van der Waals surface area contributed by atoms with Crippen LogP contribution in [-0.2, 0) is 0 Å². The van der Waals surface area contributed by atoms with Gasteiger partial charge in [-0.05, 0) is 19.8 Å². The Bertz CT molecular complexity index is 841. The van der Waals surface area contributed by atoms with Gasteiger partial charge in [0.1, 0.15) is 11.4 Å². The van der Waals surface area contributed by atoms with E-state index in [9.17, 15) is 9.59 Å². The lowest BCUT2D eigenvalue weighted by Gasteiger charge is -2.28. The maximum absolute atomic E-state index is 12.5. The number of aromatic nitrogens is 2. The molecular weight excluding hydrogens is 304 g/mol. The summed E-state index contributed by atoms with van der Waals surface area (Å²) in [6.45, 7) is 2.98. The third-order valence-corrected chi connectivity index (χ3v) is 4.32. The molecule has 1 saturated heterocycles. The predicted molar refractivity (Wildman–Crippen MR) is 89.3 cm³/mol. The molecule has 1 N–H and O–H groups in total. The third kappa shape index (κ3) is 3.20. The van der Waals surface area contributed by atoms with Gasteiger partial charge < -0.3 is 9.88 Å². The lowest BCUT2D eigenvalue weighted by molar-refractivity contribution is 0.0705. The number of amides is 1. The van der Waals surface area contributed by atoms with Crippen LogP contribution in [0.1, 0.15) is 28.8 Å². The van der Waals surface area contributed by atoms with E-state index in [4.69, 9.17) is 5.26 Å². The van der Waals surface area contributed by atoms with Crippen molar-refractivity contribution in [3.05, 3.63) is 51.9 Å². The molecular formula is C18H18N4O2. The summed E-state index contributed by atoms with van der Waals surface area (Å²) < 4.78 is 0. The van der Waals surface area contributed by atoms with Gasteiger partial charge in [0.25, 0.3) is 11.5 Å². The molecule has 1 fully saturated rings. The van der Waals surface area contributed by atoms with Crippen molar-refractivity contribution in [2.45, 2.75) is 19.8 Å². The number of hydrogen-bond donors (Lipinski definition) is 1. The maximum Gasteiger partial charge on any atom is 0.264 e. The first kappa shape index (κ1) is 15.9. The largest absolute Gasteiger partial charge is 0.338 e. The van der Waals surface area contributed by atoms with Crippen molar-refractivity contribution >= 4 is 5.91 Å². The van der Waals surface area contributed by atoms with Gasteiger partial charge in [0.15, 0.2) is 0 Å². The molecule has 0 spiro atoms. The smallest absolute Gasteiger partial charge is 0.264 e. The van der Waals surface area contributed by atoms with Crippen LogP contribution in [0.15, 0.2) is 35.3 Å². The quantitative estimate of drug-likeness (QED) is 0.917. The molecule has 1 aromatic carbocycles. The minimum Gasteiger partial charge on any atom is -0.338 e. The average Bonchev–Trinajstić information content (AvgIpc) is 2.62. The number of nitriles is 1. The first-order valence-electron chi connectivity index (χ1n) is 7.93. The molecule has 6 nitrogen and oxygen atoms in total. The molecule has 0 aliphatic carbocycles. The summed E-state index contributed by atoms with van der Waals surface area (Å²) in [7, 11) is 0. The summed E-state index contributed by atoms with van der Waals surface area (Å²) in [5.41, 5.74) is 1.52. The van der Waals surface area contributed by atoms with Crippen LogP contribution in [0.4, 0.5) is 0 Å². The standard InChI is InChI=1S/C18H18N4O2/c1-12-2-4-14(5-3-12)16-20-11-15(17(23)21-16)18(24)22-8-6-13(10-19)7-9-22/h2-5,11,13H,6-9H2,1H3,(H,20,21,23). The molecule has 1 amide bonds. The first-order valence-corrected chi connectivity index (χ1v) is 7.93. The van der Waals surface area contributed by atoms with Gasteiger partial charge in [-0.3, -0.25) is 9.59 Å². The maximum atomic E-state index is 12.5. The molecule has 2 heterocycles. The van der Waals surface area contributed by atoms with Gasteiger partial charge in [0.05, 0.1) is 6.07 Å². The molecule has 0 atom stereocenters. The highest BCUT2D eigenvalue weighted by atomic mass is 16.2. The van der Waals surface area contributed by atoms with Crippen molar-refractivity contribution in [1.82, 2.24) is 14.9 Å². The molecule has 1 aromatic heterocycles. The summed E-state index contributed by atoms with van der Waals surface area (Å²) in [4.78, 5) is 33.3. The summed E-state index contributed by atoms with van der Waals surface area (Å²) in [5, 5.41) is 8.91. The normalized spacial score (nSPS) is 15.1. The zero-order chi connectivity index (χ0) is 17.1. The summed E-state index contributed by atoms with van der Waals surface area (Å²) in [6, 6.07) is 9.86. The van der Waals surface area contributed by atoms with Gasteiger partial charge in [-0.1, -0.05) is 29.8 Å². The zero-order valence-electron chi connectivity index (χ0n) is 13.5. The Morgan fingerprint density at radius 3 is 2.54 bits per heavy atom. The monoisotopic (exact) mass is 322 g/mol. The van der Waals surface area contributed by atoms with Gasteiger partial charge >= 0.3 is 0 Å². The number of hydrogen-bond acceptors (Lipinski definition) is 4. The summed E-state index contributed by atoms with van der Waals surface area (Å²) in [6.07, 6.45) is 2.64. The highest BCUT2D eigenvalue weighted by Gasteiger charge is 2.25. The zero-order valence-corrected chi connectivity index (χ0v) is 13.5. The number of aromatic amines is 1. The van der Waals surface area contributed by atoms with E-state index >= 15 is 0 Å². The highest BCUT2D eigenvalue weighted by molar-refractivity contribution is 5.93. The van der Waals surface area contributed by atoms with Crippen LogP contribution in [0.5, 0.6) is 0 Å². The predicted octanol–water partition coefficient (Wildman–Crippen LogP) is 2.12. The summed E-state index contributed by atoms with van der Waals surface area (Å²) >= 11 is 0. The van der Waals surface area contributed by atoms with Crippen LogP contribution in [0.25, 0.3) is 11.4 Å². The van der Waals surface area contributed by atoms with E-state index < -0.39 is 5.56 Å². The molecule has 0 unspecified atom stereocenters. The number of piperidine rings is 1. The number of carbonyl (C=O) groups is 1. The number of carbonyl (C=O) groups excluding carboxylic acids is 1. The van der Waals surface area contributed by atoms with Gasteiger partial charge in [0, 0.05) is 30.8 Å². The Balaban J connectivity index is 1.80. The Morgan fingerprint density at radius 2 is 1.96 bits per heavy atom. The van der Waals surface area contributed by atoms with Crippen molar-refractivity contribution in [3.8, 4) is 17.5 Å². The van der Waals surface area contributed by atoms with E-state index in [1.807, 2.05) is 31.2 Å². The Kier molecular flexibility index (Phi) is 4.43. The van der Waals surface area contributed by atoms with Crippen molar-refractivity contribution in [3.63, 3.8) is 0 Å². The second kappa shape index (κ2) is 6.67. The molecule has 122 valence electrons. The minimum absolute atomic E-state index is 0.00521. The lowest BCUT2D eigenvalue weighted by atomic mass is 9.98. The average molecular weight is 322 g/mol. The number of benzene rings is 1. The molecule has 0 saturated carbocycles. The number of likely N-dealkylation sites (tertiary alicyclic amines) is 1. The molecule has 3 rings (SSSR count). The molecule has 1 aliphatic rings. The minimum atomic E-state index is -0.437. The van der Waals surface area contributed by atoms with Crippen molar-refractivity contribution in [2.75, 3.05) is 13.1 Å². The molecule has 2 aromatic rings. The number of nitrogens with one attached hydrogen (secondary N) is 1. The van der Waals surface area contributed by atoms with Gasteiger partial charge in [-0.2, -0.15) is 5.26 Å². The van der Waals surface area contributed by atoms with Gasteiger partial charge in [-0.25, -0.2) is 4.98 Å². The van der Waals surface area contributed by atoms with Crippen LogP contribution < -0.4 is 5.56 Å². The fourth-order valence-corrected chi connectivity index (χ4v) is 2.79. The fourth-order valence-electron chi connectivity index (χ4n) is 2.79. The Morgan fingerprint density at radius 1 is 1.29 bits per heavy atom. The van der Waals surface area contributed by atoms with Gasteiger partial charge in [0.2, 0.25) is 0 Å². The molecule has 6 heteroatoms. The SMILES string of the molecule is Cc1ccc(-c2ncc(C(=O)N3CCC(C#N)CC3)c(=O)[nH]2)cc1. The number of rotatable bonds is 2. The number of aryl methyl sites for hydroxylation is 1. The van der Waals surface area contributed by atoms with Crippen LogP contribution in [0.3, 0.4) is 0 Å². The van der Waals surface area contributed by atoms with Gasteiger partial charge in [-0.15, -0.1) is 0 Å². The molecule has 24 heavy (non-hydrogen) atoms. The second-order valence-electron chi connectivity index (χ2n) is 6.04. The third-order valence-electron chi connectivity index (χ3n) is 4.32. The number of nitrogens with zero attached hydrogens (tertiary/aromatic N) is 3. The van der Waals surface area contributed by atoms with Crippen LogP contribution in [0.2, 0.25) is 0 Å². The topological polar surface area (TPSA) is 89.8 Å². The second-order valence-corrected chi connectivity index (χ2v) is 6.04. The van der Waals surface area contributed by atoms with Crippen molar-refractivity contribution in [2.24, 2.45) is 5.92 Å². The molecule has 0 radical (unpaired) electrons. The first-order chi connectivity index (χ1) is 11.6. The van der Waals surface area contributed by atoms with E-state index in [-0.39, 0.29) is 17.4 Å². The van der Waals surface area contributed by atoms with E-state index in [1.165, 1.54) is 6.20 Å². The Hall–Kier alpha value is -2.94. The van der Waals surface area contributed by atoms with Crippen molar-refractivity contribution in [1.29, 1.82) is 5.26 Å². The van der Waals surface area contributed by atoms with E-state index in [0.717, 1.165) is 11.1 Å². The highest BCUT2D eigenvalue weighted by Crippen LogP contribution is 2.18. The fraction of sp³-hybridized carbons (Fsp3) is 0.333. The van der Waals surface area contributed by atoms with E-state index in [1.54, 1.807) is 4.90 Å². The summed E-state index contributed by atoms with van der Waals surface area (Å²) in [5.74, 6) is 0.115. The van der Waals surface area contributed by atoms with E-state index in [0.29, 0.717) is 31.8 Å². The van der Waals surface area contributed by atoms with Crippen LogP contribution >= 0.6 is 0 Å². The lowest BCUT2D eigenvalue weighted by Crippen LogP contribution is -2.40. The van der Waals surface area contributed by atoms with Crippen LogP contribution in [-0.4, -0.2) is 33.9 Å². The van der Waals surface area contributed by atoms with Crippen LogP contribution in [0, 0.1) is 24.2 Å².